The zero-order chi connectivity index (χ0) is 38.4. The Kier molecular flexibility index (Phi) is 8.19. The van der Waals surface area contributed by atoms with Crippen LogP contribution in [0.25, 0.3) is 88.0 Å². The number of benzene rings is 10. The molecule has 58 heavy (non-hydrogen) atoms. The van der Waals surface area contributed by atoms with E-state index in [0.717, 1.165) is 55.7 Å². The second-order valence-corrected chi connectivity index (χ2v) is 14.9. The molecule has 0 amide bonds. The first-order valence-corrected chi connectivity index (χ1v) is 19.8. The van der Waals surface area contributed by atoms with E-state index >= 15 is 0 Å². The van der Waals surface area contributed by atoms with E-state index in [1.54, 1.807) is 0 Å². The van der Waals surface area contributed by atoms with Gasteiger partial charge in [-0.3, -0.25) is 0 Å². The zero-order valence-corrected chi connectivity index (χ0v) is 31.7. The summed E-state index contributed by atoms with van der Waals surface area (Å²) in [4.78, 5) is 2.37. The quantitative estimate of drug-likeness (QED) is 0.162. The Balaban J connectivity index is 1.04. The van der Waals surface area contributed by atoms with E-state index in [0.29, 0.717) is 0 Å². The lowest BCUT2D eigenvalue weighted by Crippen LogP contribution is -2.10. The lowest BCUT2D eigenvalue weighted by molar-refractivity contribution is 0.670. The normalized spacial score (nSPS) is 11.4. The molecule has 0 unspecified atom stereocenters. The van der Waals surface area contributed by atoms with E-state index in [1.807, 2.05) is 12.1 Å². The molecule has 272 valence electrons. The Morgan fingerprint density at radius 2 is 0.759 bits per heavy atom. The second kappa shape index (κ2) is 14.1. The van der Waals surface area contributed by atoms with Crippen molar-refractivity contribution in [1.29, 1.82) is 0 Å². The predicted octanol–water partition coefficient (Wildman–Crippen LogP) is 16.0. The maximum absolute atomic E-state index is 6.44. The van der Waals surface area contributed by atoms with Crippen molar-refractivity contribution < 1.29 is 4.42 Å². The standard InChI is InChI=1S/C56H37NO/c1-3-14-41-34-44(28-26-38(41)12-1)43-16-9-18-48(36-43)57(47-32-30-40(31-33-47)52-23-11-24-54-53-22-7-8-25-55(53)58-56(52)54)49-19-10-17-45(37-49)50-20-5-6-21-51(50)46-29-27-39-13-2-4-15-42(39)35-46/h1-37H. The van der Waals surface area contributed by atoms with Crippen molar-refractivity contribution in [3.63, 3.8) is 0 Å². The Bertz CT molecular complexity index is 3300. The number of hydrogen-bond donors (Lipinski definition) is 0. The Morgan fingerprint density at radius 3 is 1.48 bits per heavy atom. The summed E-state index contributed by atoms with van der Waals surface area (Å²) in [5.41, 5.74) is 14.3. The first-order chi connectivity index (χ1) is 28.7. The summed E-state index contributed by atoms with van der Waals surface area (Å²) in [5, 5.41) is 7.22. The highest BCUT2D eigenvalue weighted by atomic mass is 16.3. The van der Waals surface area contributed by atoms with Crippen LogP contribution in [0.2, 0.25) is 0 Å². The zero-order valence-electron chi connectivity index (χ0n) is 31.7. The highest BCUT2D eigenvalue weighted by Crippen LogP contribution is 2.42. The Hall–Kier alpha value is -7.68. The van der Waals surface area contributed by atoms with E-state index in [-0.39, 0.29) is 0 Å². The van der Waals surface area contributed by atoms with Crippen LogP contribution >= 0.6 is 0 Å². The summed E-state index contributed by atoms with van der Waals surface area (Å²) < 4.78 is 6.44. The van der Waals surface area contributed by atoms with Gasteiger partial charge in [-0.2, -0.15) is 0 Å². The molecule has 0 aliphatic heterocycles. The molecule has 2 nitrogen and oxygen atoms in total. The topological polar surface area (TPSA) is 16.4 Å². The number of fused-ring (bicyclic) bond motifs is 5. The van der Waals surface area contributed by atoms with Crippen LogP contribution in [0.15, 0.2) is 229 Å². The van der Waals surface area contributed by atoms with Crippen LogP contribution in [0.1, 0.15) is 0 Å². The maximum atomic E-state index is 6.44. The molecule has 11 aromatic rings. The molecule has 0 radical (unpaired) electrons. The van der Waals surface area contributed by atoms with Gasteiger partial charge in [0.2, 0.25) is 0 Å². The highest BCUT2D eigenvalue weighted by molar-refractivity contribution is 6.09. The van der Waals surface area contributed by atoms with Gasteiger partial charge in [-0.05, 0) is 115 Å². The van der Waals surface area contributed by atoms with Gasteiger partial charge in [0, 0.05) is 33.4 Å². The van der Waals surface area contributed by atoms with E-state index in [2.05, 4.69) is 217 Å². The average molecular weight is 740 g/mol. The van der Waals surface area contributed by atoms with E-state index in [1.165, 1.54) is 49.4 Å². The lowest BCUT2D eigenvalue weighted by atomic mass is 9.93. The molecule has 10 aromatic carbocycles. The molecule has 0 fully saturated rings. The molecule has 0 saturated carbocycles. The third-order valence-electron chi connectivity index (χ3n) is 11.4. The van der Waals surface area contributed by atoms with Gasteiger partial charge in [-0.25, -0.2) is 0 Å². The molecule has 11 rings (SSSR count). The molecule has 0 aliphatic carbocycles. The van der Waals surface area contributed by atoms with Crippen LogP contribution in [-0.2, 0) is 0 Å². The average Bonchev–Trinajstić information content (AvgIpc) is 3.68. The molecule has 2 heteroatoms. The number of anilines is 3. The molecule has 0 aliphatic rings. The number of para-hydroxylation sites is 2. The first-order valence-electron chi connectivity index (χ1n) is 19.8. The third-order valence-corrected chi connectivity index (χ3v) is 11.4. The minimum absolute atomic E-state index is 0.904. The van der Waals surface area contributed by atoms with Crippen LogP contribution in [0.4, 0.5) is 17.1 Å². The molecule has 0 saturated heterocycles. The Labute approximate surface area is 337 Å². The van der Waals surface area contributed by atoms with Crippen LogP contribution < -0.4 is 4.90 Å². The SMILES string of the molecule is c1cc(-c2ccc3ccccc3c2)cc(N(c2ccc(-c3cccc4c3oc3ccccc34)cc2)c2cccc(-c3ccccc3-c3ccc4ccccc4c3)c2)c1. The summed E-state index contributed by atoms with van der Waals surface area (Å²) in [6.07, 6.45) is 0. The van der Waals surface area contributed by atoms with Crippen LogP contribution in [0.5, 0.6) is 0 Å². The highest BCUT2D eigenvalue weighted by Gasteiger charge is 2.18. The smallest absolute Gasteiger partial charge is 0.143 e. The summed E-state index contributed by atoms with van der Waals surface area (Å²) in [6, 6.07) is 80.8. The fourth-order valence-corrected chi connectivity index (χ4v) is 8.56. The van der Waals surface area contributed by atoms with Crippen LogP contribution in [0.3, 0.4) is 0 Å². The van der Waals surface area contributed by atoms with E-state index in [9.17, 15) is 0 Å². The van der Waals surface area contributed by atoms with Gasteiger partial charge in [-0.1, -0.05) is 170 Å². The molecule has 0 atom stereocenters. The maximum Gasteiger partial charge on any atom is 0.143 e. The molecule has 0 spiro atoms. The van der Waals surface area contributed by atoms with Gasteiger partial charge in [0.1, 0.15) is 11.2 Å². The molecular formula is C56H37NO. The summed E-state index contributed by atoms with van der Waals surface area (Å²) >= 11 is 0. The molecule has 1 heterocycles. The van der Waals surface area contributed by atoms with Crippen molar-refractivity contribution in [1.82, 2.24) is 0 Å². The molecule has 0 bridgehead atoms. The lowest BCUT2D eigenvalue weighted by Gasteiger charge is -2.27. The van der Waals surface area contributed by atoms with Gasteiger partial charge < -0.3 is 9.32 Å². The van der Waals surface area contributed by atoms with Crippen molar-refractivity contribution in [3.05, 3.63) is 224 Å². The summed E-state index contributed by atoms with van der Waals surface area (Å²) in [6.45, 7) is 0. The minimum Gasteiger partial charge on any atom is -0.455 e. The summed E-state index contributed by atoms with van der Waals surface area (Å²) in [5.74, 6) is 0. The first kappa shape index (κ1) is 33.6. The van der Waals surface area contributed by atoms with E-state index < -0.39 is 0 Å². The van der Waals surface area contributed by atoms with Crippen molar-refractivity contribution in [2.24, 2.45) is 0 Å². The van der Waals surface area contributed by atoms with Crippen LogP contribution in [-0.4, -0.2) is 0 Å². The van der Waals surface area contributed by atoms with Gasteiger partial charge in [-0.15, -0.1) is 0 Å². The number of nitrogens with zero attached hydrogens (tertiary/aromatic N) is 1. The largest absolute Gasteiger partial charge is 0.455 e. The van der Waals surface area contributed by atoms with Crippen molar-refractivity contribution in [2.45, 2.75) is 0 Å². The third kappa shape index (κ3) is 6.00. The number of hydrogen-bond acceptors (Lipinski definition) is 2. The minimum atomic E-state index is 0.904. The monoisotopic (exact) mass is 739 g/mol. The van der Waals surface area contributed by atoms with Gasteiger partial charge in [0.15, 0.2) is 0 Å². The van der Waals surface area contributed by atoms with Gasteiger partial charge in [0.05, 0.1) is 0 Å². The van der Waals surface area contributed by atoms with Gasteiger partial charge >= 0.3 is 0 Å². The molecular weight excluding hydrogens is 703 g/mol. The van der Waals surface area contributed by atoms with Crippen molar-refractivity contribution in [3.8, 4) is 44.5 Å². The molecule has 0 N–H and O–H groups in total. The number of furan rings is 1. The predicted molar refractivity (Wildman–Crippen MR) is 245 cm³/mol. The van der Waals surface area contributed by atoms with Crippen LogP contribution in [0, 0.1) is 0 Å². The summed E-state index contributed by atoms with van der Waals surface area (Å²) in [7, 11) is 0. The Morgan fingerprint density at radius 1 is 0.276 bits per heavy atom. The molecule has 1 aromatic heterocycles. The fraction of sp³-hybridized carbons (Fsp3) is 0. The van der Waals surface area contributed by atoms with Gasteiger partial charge in [0.25, 0.3) is 0 Å². The fourth-order valence-electron chi connectivity index (χ4n) is 8.56. The van der Waals surface area contributed by atoms with Crippen molar-refractivity contribution in [2.75, 3.05) is 4.90 Å². The van der Waals surface area contributed by atoms with Crippen molar-refractivity contribution >= 4 is 60.5 Å². The van der Waals surface area contributed by atoms with E-state index in [4.69, 9.17) is 4.42 Å². The number of rotatable bonds is 7. The second-order valence-electron chi connectivity index (χ2n) is 14.9.